The van der Waals surface area contributed by atoms with Gasteiger partial charge in [0.25, 0.3) is 5.91 Å². The predicted octanol–water partition coefficient (Wildman–Crippen LogP) is 2.46. The van der Waals surface area contributed by atoms with Crippen molar-refractivity contribution < 1.29 is 9.90 Å². The van der Waals surface area contributed by atoms with E-state index in [1.54, 1.807) is 12.1 Å². The Balaban J connectivity index is 1.97. The monoisotopic (exact) mass is 267 g/mol. The van der Waals surface area contributed by atoms with E-state index in [2.05, 4.69) is 5.32 Å². The zero-order valence-corrected chi connectivity index (χ0v) is 11.0. The molecule has 2 atom stereocenters. The Bertz CT molecular complexity index is 405. The van der Waals surface area contributed by atoms with Crippen molar-refractivity contribution in [3.8, 4) is 0 Å². The molecular formula is C14H18ClNO2. The molecule has 98 valence electrons. The zero-order valence-electron chi connectivity index (χ0n) is 10.2. The highest BCUT2D eigenvalue weighted by atomic mass is 35.5. The van der Waals surface area contributed by atoms with Crippen LogP contribution >= 0.6 is 11.6 Å². The Hall–Kier alpha value is -1.06. The first kappa shape index (κ1) is 13.4. The summed E-state index contributed by atoms with van der Waals surface area (Å²) in [6.07, 6.45) is 3.32. The number of alkyl halides is 1. The fourth-order valence-corrected chi connectivity index (χ4v) is 2.45. The third-order valence-corrected chi connectivity index (χ3v) is 3.73. The number of aliphatic hydroxyl groups is 1. The van der Waals surface area contributed by atoms with Crippen molar-refractivity contribution in [1.82, 2.24) is 5.32 Å². The molecule has 0 spiro atoms. The van der Waals surface area contributed by atoms with Crippen LogP contribution in [0.25, 0.3) is 0 Å². The Morgan fingerprint density at radius 2 is 1.94 bits per heavy atom. The average Bonchev–Trinajstić information content (AvgIpc) is 2.41. The first-order chi connectivity index (χ1) is 8.70. The molecule has 1 aromatic carbocycles. The van der Waals surface area contributed by atoms with Crippen LogP contribution in [0.5, 0.6) is 0 Å². The van der Waals surface area contributed by atoms with Gasteiger partial charge in [0, 0.05) is 11.4 Å². The van der Waals surface area contributed by atoms with Gasteiger partial charge in [-0.3, -0.25) is 4.79 Å². The van der Waals surface area contributed by atoms with Crippen LogP contribution in [-0.4, -0.2) is 23.2 Å². The third-order valence-electron chi connectivity index (χ3n) is 3.42. The van der Waals surface area contributed by atoms with Crippen LogP contribution < -0.4 is 5.32 Å². The van der Waals surface area contributed by atoms with E-state index in [1.807, 2.05) is 12.1 Å². The molecule has 0 aliphatic heterocycles. The minimum atomic E-state index is -0.412. The highest BCUT2D eigenvalue weighted by Gasteiger charge is 2.24. The van der Waals surface area contributed by atoms with Gasteiger partial charge in [-0.2, -0.15) is 0 Å². The van der Waals surface area contributed by atoms with Gasteiger partial charge in [0.2, 0.25) is 0 Å². The van der Waals surface area contributed by atoms with Crippen LogP contribution in [0.1, 0.15) is 41.6 Å². The second kappa shape index (κ2) is 6.21. The SMILES string of the molecule is O=C(N[C@H]1CCCC[C@@H]1O)c1ccc(CCl)cc1. The van der Waals surface area contributed by atoms with E-state index < -0.39 is 6.10 Å². The summed E-state index contributed by atoms with van der Waals surface area (Å²) in [6, 6.07) is 7.11. The number of benzene rings is 1. The van der Waals surface area contributed by atoms with E-state index in [9.17, 15) is 9.90 Å². The van der Waals surface area contributed by atoms with Gasteiger partial charge in [-0.05, 0) is 30.5 Å². The maximum absolute atomic E-state index is 12.0. The molecule has 0 heterocycles. The molecule has 0 aromatic heterocycles. The number of hydrogen-bond donors (Lipinski definition) is 2. The smallest absolute Gasteiger partial charge is 0.251 e. The maximum atomic E-state index is 12.0. The molecule has 1 amide bonds. The van der Waals surface area contributed by atoms with E-state index in [1.165, 1.54) is 0 Å². The first-order valence-corrected chi connectivity index (χ1v) is 6.88. The fourth-order valence-electron chi connectivity index (χ4n) is 2.28. The summed E-state index contributed by atoms with van der Waals surface area (Å²) in [6.45, 7) is 0. The lowest BCUT2D eigenvalue weighted by Gasteiger charge is -2.28. The summed E-state index contributed by atoms with van der Waals surface area (Å²) in [5.74, 6) is 0.325. The Labute approximate surface area is 112 Å². The summed E-state index contributed by atoms with van der Waals surface area (Å²) in [5, 5.41) is 12.7. The number of amides is 1. The van der Waals surface area contributed by atoms with Crippen molar-refractivity contribution in [3.63, 3.8) is 0 Å². The molecule has 4 heteroatoms. The van der Waals surface area contributed by atoms with E-state index in [4.69, 9.17) is 11.6 Å². The molecule has 0 bridgehead atoms. The Morgan fingerprint density at radius 1 is 1.28 bits per heavy atom. The van der Waals surface area contributed by atoms with Crippen molar-refractivity contribution in [3.05, 3.63) is 35.4 Å². The number of nitrogens with one attached hydrogen (secondary N) is 1. The lowest BCUT2D eigenvalue weighted by molar-refractivity contribution is 0.0717. The average molecular weight is 268 g/mol. The van der Waals surface area contributed by atoms with Gasteiger partial charge in [-0.25, -0.2) is 0 Å². The van der Waals surface area contributed by atoms with Crippen molar-refractivity contribution in [2.24, 2.45) is 0 Å². The van der Waals surface area contributed by atoms with Crippen LogP contribution in [0.2, 0.25) is 0 Å². The fraction of sp³-hybridized carbons (Fsp3) is 0.500. The van der Waals surface area contributed by atoms with Crippen LogP contribution in [0.3, 0.4) is 0 Å². The highest BCUT2D eigenvalue weighted by molar-refractivity contribution is 6.17. The van der Waals surface area contributed by atoms with Crippen LogP contribution in [0.15, 0.2) is 24.3 Å². The normalized spacial score (nSPS) is 23.7. The summed E-state index contributed by atoms with van der Waals surface area (Å²) >= 11 is 5.70. The molecule has 1 fully saturated rings. The zero-order chi connectivity index (χ0) is 13.0. The van der Waals surface area contributed by atoms with Crippen molar-refractivity contribution in [2.45, 2.75) is 43.7 Å². The lowest BCUT2D eigenvalue weighted by Crippen LogP contribution is -2.45. The van der Waals surface area contributed by atoms with Gasteiger partial charge < -0.3 is 10.4 Å². The summed E-state index contributed by atoms with van der Waals surface area (Å²) < 4.78 is 0. The van der Waals surface area contributed by atoms with Crippen molar-refractivity contribution >= 4 is 17.5 Å². The topological polar surface area (TPSA) is 49.3 Å². The van der Waals surface area contributed by atoms with E-state index in [-0.39, 0.29) is 11.9 Å². The molecular weight excluding hydrogens is 250 g/mol. The molecule has 2 N–H and O–H groups in total. The molecule has 1 saturated carbocycles. The molecule has 2 rings (SSSR count). The van der Waals surface area contributed by atoms with Crippen LogP contribution in [-0.2, 0) is 5.88 Å². The summed E-state index contributed by atoms with van der Waals surface area (Å²) in [4.78, 5) is 12.0. The Morgan fingerprint density at radius 3 is 2.56 bits per heavy atom. The molecule has 0 saturated heterocycles. The Kier molecular flexibility index (Phi) is 4.61. The van der Waals surface area contributed by atoms with Gasteiger partial charge in [0.05, 0.1) is 12.1 Å². The standard InChI is InChI=1S/C14H18ClNO2/c15-9-10-5-7-11(8-6-10)14(18)16-12-3-1-2-4-13(12)17/h5-8,12-13,17H,1-4,9H2,(H,16,18)/t12-,13-/m0/s1. The molecule has 0 radical (unpaired) electrons. The lowest BCUT2D eigenvalue weighted by atomic mass is 9.92. The minimum Gasteiger partial charge on any atom is -0.391 e. The van der Waals surface area contributed by atoms with E-state index in [0.717, 1.165) is 31.2 Å². The number of aliphatic hydroxyl groups excluding tert-OH is 1. The van der Waals surface area contributed by atoms with Gasteiger partial charge in [0.1, 0.15) is 0 Å². The number of hydrogen-bond acceptors (Lipinski definition) is 2. The predicted molar refractivity (Wildman–Crippen MR) is 71.7 cm³/mol. The number of carbonyl (C=O) groups is 1. The number of carbonyl (C=O) groups excluding carboxylic acids is 1. The third kappa shape index (κ3) is 3.24. The molecule has 1 aliphatic carbocycles. The van der Waals surface area contributed by atoms with E-state index in [0.29, 0.717) is 11.4 Å². The highest BCUT2D eigenvalue weighted by Crippen LogP contribution is 2.18. The molecule has 18 heavy (non-hydrogen) atoms. The van der Waals surface area contributed by atoms with E-state index >= 15 is 0 Å². The second-order valence-corrected chi connectivity index (χ2v) is 5.03. The first-order valence-electron chi connectivity index (χ1n) is 6.34. The largest absolute Gasteiger partial charge is 0.391 e. The molecule has 0 unspecified atom stereocenters. The van der Waals surface area contributed by atoms with Gasteiger partial charge in [0.15, 0.2) is 0 Å². The minimum absolute atomic E-state index is 0.112. The van der Waals surface area contributed by atoms with Crippen molar-refractivity contribution in [2.75, 3.05) is 0 Å². The van der Waals surface area contributed by atoms with Gasteiger partial charge in [-0.1, -0.05) is 25.0 Å². The maximum Gasteiger partial charge on any atom is 0.251 e. The molecule has 1 aromatic rings. The summed E-state index contributed by atoms with van der Waals surface area (Å²) in [5.41, 5.74) is 1.60. The molecule has 1 aliphatic rings. The van der Waals surface area contributed by atoms with Crippen LogP contribution in [0, 0.1) is 0 Å². The van der Waals surface area contributed by atoms with Crippen molar-refractivity contribution in [1.29, 1.82) is 0 Å². The quantitative estimate of drug-likeness (QED) is 0.827. The second-order valence-electron chi connectivity index (χ2n) is 4.76. The van der Waals surface area contributed by atoms with Gasteiger partial charge in [-0.15, -0.1) is 11.6 Å². The number of halogens is 1. The van der Waals surface area contributed by atoms with Gasteiger partial charge >= 0.3 is 0 Å². The van der Waals surface area contributed by atoms with Crippen LogP contribution in [0.4, 0.5) is 0 Å². The summed E-state index contributed by atoms with van der Waals surface area (Å²) in [7, 11) is 0. The number of rotatable bonds is 3. The molecule has 3 nitrogen and oxygen atoms in total.